The Morgan fingerprint density at radius 1 is 0.652 bits per heavy atom. The van der Waals surface area contributed by atoms with E-state index in [-0.39, 0.29) is 0 Å². The highest BCUT2D eigenvalue weighted by molar-refractivity contribution is 5.68. The monoisotopic (exact) mass is 304 g/mol. The predicted molar refractivity (Wildman–Crippen MR) is 92.6 cm³/mol. The van der Waals surface area contributed by atoms with Crippen LogP contribution in [0.15, 0.2) is 78.9 Å². The first kappa shape index (κ1) is 15.5. The Hall–Kier alpha value is -2.42. The summed E-state index contributed by atoms with van der Waals surface area (Å²) in [6.07, 6.45) is 0. The van der Waals surface area contributed by atoms with Crippen molar-refractivity contribution >= 4 is 0 Å². The van der Waals surface area contributed by atoms with Crippen molar-refractivity contribution < 1.29 is 9.78 Å². The molecule has 0 atom stereocenters. The molecule has 3 rings (SSSR count). The molecule has 0 aliphatic heterocycles. The Bertz CT molecular complexity index is 736. The van der Waals surface area contributed by atoms with Crippen LogP contribution in [0.4, 0.5) is 0 Å². The highest BCUT2D eigenvalue weighted by Crippen LogP contribution is 2.25. The van der Waals surface area contributed by atoms with Crippen LogP contribution in [0.5, 0.6) is 0 Å². The van der Waals surface area contributed by atoms with Crippen LogP contribution in [0.1, 0.15) is 16.7 Å². The molecule has 0 saturated carbocycles. The van der Waals surface area contributed by atoms with Gasteiger partial charge in [-0.25, -0.2) is 9.78 Å². The molecule has 0 aliphatic rings. The summed E-state index contributed by atoms with van der Waals surface area (Å²) >= 11 is 0. The molecule has 2 nitrogen and oxygen atoms in total. The van der Waals surface area contributed by atoms with Crippen LogP contribution in [-0.2, 0) is 23.0 Å². The van der Waals surface area contributed by atoms with E-state index in [0.29, 0.717) is 13.2 Å². The minimum absolute atomic E-state index is 0.444. The molecule has 116 valence electrons. The fourth-order valence-corrected chi connectivity index (χ4v) is 2.56. The van der Waals surface area contributed by atoms with Crippen LogP contribution in [0.3, 0.4) is 0 Å². The van der Waals surface area contributed by atoms with Crippen molar-refractivity contribution in [2.45, 2.75) is 20.1 Å². The Labute approximate surface area is 137 Å². The van der Waals surface area contributed by atoms with Crippen LogP contribution < -0.4 is 0 Å². The third kappa shape index (κ3) is 4.07. The molecule has 0 N–H and O–H groups in total. The minimum Gasteiger partial charge on any atom is -0.232 e. The second-order valence-corrected chi connectivity index (χ2v) is 5.47. The van der Waals surface area contributed by atoms with Gasteiger partial charge in [0.15, 0.2) is 0 Å². The quantitative estimate of drug-likeness (QED) is 0.349. The van der Waals surface area contributed by atoms with Gasteiger partial charge < -0.3 is 0 Å². The Morgan fingerprint density at radius 2 is 1.30 bits per heavy atom. The lowest BCUT2D eigenvalue weighted by molar-refractivity contribution is -0.313. The molecule has 0 unspecified atom stereocenters. The first-order valence-electron chi connectivity index (χ1n) is 7.77. The second-order valence-electron chi connectivity index (χ2n) is 5.47. The van der Waals surface area contributed by atoms with Gasteiger partial charge in [0.1, 0.15) is 13.2 Å². The predicted octanol–water partition coefficient (Wildman–Crippen LogP) is 5.31. The summed E-state index contributed by atoms with van der Waals surface area (Å²) < 4.78 is 0. The standard InChI is InChI=1S/C21H20O2/c1-17-20(16-23-22-15-18-9-4-2-5-10-18)13-8-14-21(17)19-11-6-3-7-12-19/h2-14H,15-16H2,1H3. The lowest BCUT2D eigenvalue weighted by Gasteiger charge is -2.11. The highest BCUT2D eigenvalue weighted by atomic mass is 17.2. The summed E-state index contributed by atoms with van der Waals surface area (Å²) in [5, 5.41) is 0. The zero-order chi connectivity index (χ0) is 15.9. The average molecular weight is 304 g/mol. The summed E-state index contributed by atoms with van der Waals surface area (Å²) in [5.41, 5.74) is 5.91. The Balaban J connectivity index is 1.62. The number of hydrogen-bond donors (Lipinski definition) is 0. The van der Waals surface area contributed by atoms with Gasteiger partial charge in [0, 0.05) is 0 Å². The van der Waals surface area contributed by atoms with E-state index < -0.39 is 0 Å². The van der Waals surface area contributed by atoms with Crippen LogP contribution >= 0.6 is 0 Å². The highest BCUT2D eigenvalue weighted by Gasteiger charge is 2.06. The van der Waals surface area contributed by atoms with E-state index in [4.69, 9.17) is 9.78 Å². The van der Waals surface area contributed by atoms with Crippen LogP contribution in [0, 0.1) is 6.92 Å². The molecule has 0 heterocycles. The van der Waals surface area contributed by atoms with E-state index in [1.165, 1.54) is 16.7 Å². The van der Waals surface area contributed by atoms with Gasteiger partial charge in [-0.1, -0.05) is 78.9 Å². The third-order valence-corrected chi connectivity index (χ3v) is 3.90. The zero-order valence-electron chi connectivity index (χ0n) is 13.2. The second kappa shape index (κ2) is 7.73. The smallest absolute Gasteiger partial charge is 0.108 e. The van der Waals surface area contributed by atoms with E-state index in [9.17, 15) is 0 Å². The number of hydrogen-bond acceptors (Lipinski definition) is 2. The van der Waals surface area contributed by atoms with Gasteiger partial charge in [-0.3, -0.25) is 0 Å². The topological polar surface area (TPSA) is 18.5 Å². The maximum atomic E-state index is 5.40. The molecule has 3 aromatic carbocycles. The van der Waals surface area contributed by atoms with Crippen LogP contribution in [0.2, 0.25) is 0 Å². The third-order valence-electron chi connectivity index (χ3n) is 3.90. The van der Waals surface area contributed by atoms with E-state index in [1.807, 2.05) is 36.4 Å². The van der Waals surface area contributed by atoms with Crippen molar-refractivity contribution in [2.75, 3.05) is 0 Å². The molecule has 0 spiro atoms. The lowest BCUT2D eigenvalue weighted by Crippen LogP contribution is -1.99. The molecular weight excluding hydrogens is 284 g/mol. The summed E-state index contributed by atoms with van der Waals surface area (Å²) in [5.74, 6) is 0. The number of benzene rings is 3. The molecule has 23 heavy (non-hydrogen) atoms. The molecule has 0 radical (unpaired) electrons. The van der Waals surface area contributed by atoms with Crippen LogP contribution in [-0.4, -0.2) is 0 Å². The molecule has 0 saturated heterocycles. The maximum absolute atomic E-state index is 5.40. The van der Waals surface area contributed by atoms with Crippen molar-refractivity contribution in [1.82, 2.24) is 0 Å². The van der Waals surface area contributed by atoms with Crippen molar-refractivity contribution in [3.63, 3.8) is 0 Å². The lowest BCUT2D eigenvalue weighted by atomic mass is 9.97. The number of rotatable bonds is 6. The maximum Gasteiger partial charge on any atom is 0.108 e. The Kier molecular flexibility index (Phi) is 5.20. The summed E-state index contributed by atoms with van der Waals surface area (Å²) in [4.78, 5) is 10.7. The van der Waals surface area contributed by atoms with E-state index in [0.717, 1.165) is 11.1 Å². The molecule has 0 aliphatic carbocycles. The first-order chi connectivity index (χ1) is 11.3. The van der Waals surface area contributed by atoms with Gasteiger partial charge in [-0.2, -0.15) is 0 Å². The van der Waals surface area contributed by atoms with Gasteiger partial charge in [-0.05, 0) is 34.7 Å². The van der Waals surface area contributed by atoms with Crippen LogP contribution in [0.25, 0.3) is 11.1 Å². The van der Waals surface area contributed by atoms with E-state index in [1.54, 1.807) is 0 Å². The van der Waals surface area contributed by atoms with Gasteiger partial charge in [-0.15, -0.1) is 0 Å². The molecule has 0 aromatic heterocycles. The zero-order valence-corrected chi connectivity index (χ0v) is 13.2. The fourth-order valence-electron chi connectivity index (χ4n) is 2.56. The summed E-state index contributed by atoms with van der Waals surface area (Å²) in [6.45, 7) is 3.02. The van der Waals surface area contributed by atoms with E-state index >= 15 is 0 Å². The molecular formula is C21H20O2. The van der Waals surface area contributed by atoms with Gasteiger partial charge in [0.05, 0.1) is 0 Å². The van der Waals surface area contributed by atoms with E-state index in [2.05, 4.69) is 49.4 Å². The van der Waals surface area contributed by atoms with Crippen molar-refractivity contribution in [3.05, 3.63) is 95.6 Å². The van der Waals surface area contributed by atoms with Gasteiger partial charge in [0.25, 0.3) is 0 Å². The largest absolute Gasteiger partial charge is 0.232 e. The minimum atomic E-state index is 0.444. The summed E-state index contributed by atoms with van der Waals surface area (Å²) in [7, 11) is 0. The molecule has 0 bridgehead atoms. The van der Waals surface area contributed by atoms with Crippen molar-refractivity contribution in [2.24, 2.45) is 0 Å². The summed E-state index contributed by atoms with van der Waals surface area (Å²) in [6, 6.07) is 26.7. The Morgan fingerprint density at radius 3 is 2.04 bits per heavy atom. The average Bonchev–Trinajstić information content (AvgIpc) is 2.61. The van der Waals surface area contributed by atoms with Crippen molar-refractivity contribution in [1.29, 1.82) is 0 Å². The van der Waals surface area contributed by atoms with Gasteiger partial charge >= 0.3 is 0 Å². The van der Waals surface area contributed by atoms with Crippen molar-refractivity contribution in [3.8, 4) is 11.1 Å². The molecule has 0 fully saturated rings. The molecule has 0 amide bonds. The molecule has 3 aromatic rings. The fraction of sp³-hybridized carbons (Fsp3) is 0.143. The first-order valence-corrected chi connectivity index (χ1v) is 7.77. The SMILES string of the molecule is Cc1c(COOCc2ccccc2)cccc1-c1ccccc1. The van der Waals surface area contributed by atoms with Gasteiger partial charge in [0.2, 0.25) is 0 Å². The molecule has 2 heteroatoms. The normalized spacial score (nSPS) is 10.7.